The van der Waals surface area contributed by atoms with Crippen molar-refractivity contribution >= 4 is 11.6 Å². The van der Waals surface area contributed by atoms with Gasteiger partial charge < -0.3 is 19.3 Å². The molecule has 0 aliphatic carbocycles. The summed E-state index contributed by atoms with van der Waals surface area (Å²) in [5.41, 5.74) is 4.34. The van der Waals surface area contributed by atoms with Crippen LogP contribution >= 0.6 is 0 Å². The second-order valence-corrected chi connectivity index (χ2v) is 7.98. The molecule has 1 amide bonds. The highest BCUT2D eigenvalue weighted by molar-refractivity contribution is 5.78. The number of hydrogen-bond donors (Lipinski definition) is 0. The SMILES string of the molecule is Cc1cccc(C)c1OCC(=O)N(Cc1ccc(N(C)C)cc1)C[C@H]1CCCO1. The zero-order valence-electron chi connectivity index (χ0n) is 18.0. The molecule has 3 rings (SSSR count). The minimum absolute atomic E-state index is 0.0140. The number of benzene rings is 2. The lowest BCUT2D eigenvalue weighted by molar-refractivity contribution is -0.135. The van der Waals surface area contributed by atoms with Crippen LogP contribution in [0.3, 0.4) is 0 Å². The molecule has 0 aromatic heterocycles. The Hall–Kier alpha value is -2.53. The molecule has 0 unspecified atom stereocenters. The van der Waals surface area contributed by atoms with Crippen molar-refractivity contribution in [2.45, 2.75) is 39.3 Å². The summed E-state index contributed by atoms with van der Waals surface area (Å²) in [6.45, 7) is 5.98. The van der Waals surface area contributed by atoms with Crippen LogP contribution in [0.15, 0.2) is 42.5 Å². The predicted octanol–water partition coefficient (Wildman–Crippen LogP) is 3.96. The first-order valence-corrected chi connectivity index (χ1v) is 10.3. The third-order valence-corrected chi connectivity index (χ3v) is 5.38. The average Bonchev–Trinajstić information content (AvgIpc) is 3.20. The van der Waals surface area contributed by atoms with Crippen LogP contribution in [0.2, 0.25) is 0 Å². The molecule has 29 heavy (non-hydrogen) atoms. The van der Waals surface area contributed by atoms with E-state index in [4.69, 9.17) is 9.47 Å². The van der Waals surface area contributed by atoms with E-state index in [0.717, 1.165) is 47.6 Å². The average molecular weight is 397 g/mol. The molecule has 1 heterocycles. The second kappa shape index (κ2) is 9.79. The maximum absolute atomic E-state index is 13.0. The molecule has 5 heteroatoms. The van der Waals surface area contributed by atoms with Crippen molar-refractivity contribution in [2.24, 2.45) is 0 Å². The first-order valence-electron chi connectivity index (χ1n) is 10.3. The number of nitrogens with zero attached hydrogens (tertiary/aromatic N) is 2. The van der Waals surface area contributed by atoms with Gasteiger partial charge in [-0.3, -0.25) is 4.79 Å². The van der Waals surface area contributed by atoms with Crippen molar-refractivity contribution in [3.05, 3.63) is 59.2 Å². The molecular formula is C24H32N2O3. The van der Waals surface area contributed by atoms with Crippen LogP contribution in [0, 0.1) is 13.8 Å². The first-order chi connectivity index (χ1) is 13.9. The number of anilines is 1. The number of hydrogen-bond acceptors (Lipinski definition) is 4. The van der Waals surface area contributed by atoms with Crippen LogP contribution in [0.4, 0.5) is 5.69 Å². The van der Waals surface area contributed by atoms with E-state index in [0.29, 0.717) is 13.1 Å². The van der Waals surface area contributed by atoms with Gasteiger partial charge in [-0.15, -0.1) is 0 Å². The molecule has 5 nitrogen and oxygen atoms in total. The summed E-state index contributed by atoms with van der Waals surface area (Å²) in [4.78, 5) is 17.0. The van der Waals surface area contributed by atoms with Crippen LogP contribution in [0.1, 0.15) is 29.5 Å². The Morgan fingerprint density at radius 1 is 1.10 bits per heavy atom. The van der Waals surface area contributed by atoms with Crippen molar-refractivity contribution in [3.63, 3.8) is 0 Å². The van der Waals surface area contributed by atoms with E-state index in [1.165, 1.54) is 0 Å². The Kier molecular flexibility index (Phi) is 7.15. The van der Waals surface area contributed by atoms with Gasteiger partial charge in [-0.05, 0) is 55.5 Å². The smallest absolute Gasteiger partial charge is 0.260 e. The highest BCUT2D eigenvalue weighted by Gasteiger charge is 2.23. The molecule has 0 spiro atoms. The van der Waals surface area contributed by atoms with Crippen molar-refractivity contribution in [1.82, 2.24) is 4.90 Å². The zero-order chi connectivity index (χ0) is 20.8. The highest BCUT2D eigenvalue weighted by atomic mass is 16.5. The molecule has 1 fully saturated rings. The van der Waals surface area contributed by atoms with Crippen LogP contribution in [-0.2, 0) is 16.1 Å². The van der Waals surface area contributed by atoms with E-state index in [1.807, 2.05) is 51.0 Å². The van der Waals surface area contributed by atoms with Crippen LogP contribution in [-0.4, -0.2) is 50.8 Å². The van der Waals surface area contributed by atoms with Crippen molar-refractivity contribution in [3.8, 4) is 5.75 Å². The van der Waals surface area contributed by atoms with Crippen molar-refractivity contribution in [2.75, 3.05) is 38.8 Å². The number of carbonyl (C=O) groups excluding carboxylic acids is 1. The number of amides is 1. The van der Waals surface area contributed by atoms with Gasteiger partial charge >= 0.3 is 0 Å². The van der Waals surface area contributed by atoms with E-state index in [-0.39, 0.29) is 18.6 Å². The van der Waals surface area contributed by atoms with Crippen LogP contribution in [0.5, 0.6) is 5.75 Å². The standard InChI is InChI=1S/C24H32N2O3/c1-18-7-5-8-19(2)24(18)29-17-23(27)26(16-22-9-6-14-28-22)15-20-10-12-21(13-11-20)25(3)4/h5,7-8,10-13,22H,6,9,14-17H2,1-4H3/t22-/m1/s1. The third-order valence-electron chi connectivity index (χ3n) is 5.38. The molecule has 1 saturated heterocycles. The number of ether oxygens (including phenoxy) is 2. The fraction of sp³-hybridized carbons (Fsp3) is 0.458. The Balaban J connectivity index is 1.69. The van der Waals surface area contributed by atoms with Gasteiger partial charge in [0.2, 0.25) is 0 Å². The number of carbonyl (C=O) groups is 1. The lowest BCUT2D eigenvalue weighted by atomic mass is 10.1. The molecule has 2 aromatic carbocycles. The lowest BCUT2D eigenvalue weighted by Gasteiger charge is -2.26. The molecule has 0 bridgehead atoms. The summed E-state index contributed by atoms with van der Waals surface area (Å²) in [6.07, 6.45) is 2.17. The number of rotatable bonds is 8. The summed E-state index contributed by atoms with van der Waals surface area (Å²) in [5, 5.41) is 0. The first kappa shape index (κ1) is 21.2. The van der Waals surface area contributed by atoms with E-state index < -0.39 is 0 Å². The third kappa shape index (κ3) is 5.73. The monoisotopic (exact) mass is 396 g/mol. The Morgan fingerprint density at radius 3 is 2.38 bits per heavy atom. The minimum Gasteiger partial charge on any atom is -0.483 e. The van der Waals surface area contributed by atoms with Crippen molar-refractivity contribution in [1.29, 1.82) is 0 Å². The summed E-state index contributed by atoms with van der Waals surface area (Å²) < 4.78 is 11.7. The second-order valence-electron chi connectivity index (χ2n) is 7.98. The summed E-state index contributed by atoms with van der Waals surface area (Å²) in [5.74, 6) is 0.785. The quantitative estimate of drug-likeness (QED) is 0.677. The fourth-order valence-electron chi connectivity index (χ4n) is 3.66. The normalized spacial score (nSPS) is 15.9. The van der Waals surface area contributed by atoms with Gasteiger partial charge in [0.25, 0.3) is 5.91 Å². The van der Waals surface area contributed by atoms with Crippen molar-refractivity contribution < 1.29 is 14.3 Å². The fourth-order valence-corrected chi connectivity index (χ4v) is 3.66. The van der Waals surface area contributed by atoms with Gasteiger partial charge in [0.05, 0.1) is 6.10 Å². The number of para-hydroxylation sites is 1. The maximum Gasteiger partial charge on any atom is 0.260 e. The zero-order valence-corrected chi connectivity index (χ0v) is 18.0. The van der Waals surface area contributed by atoms with E-state index in [1.54, 1.807) is 0 Å². The van der Waals surface area contributed by atoms with Gasteiger partial charge in [-0.25, -0.2) is 0 Å². The molecule has 1 aliphatic heterocycles. The maximum atomic E-state index is 13.0. The lowest BCUT2D eigenvalue weighted by Crippen LogP contribution is -2.39. The van der Waals surface area contributed by atoms with Gasteiger partial charge in [0.15, 0.2) is 6.61 Å². The molecule has 156 valence electrons. The van der Waals surface area contributed by atoms with E-state index in [9.17, 15) is 4.79 Å². The van der Waals surface area contributed by atoms with Gasteiger partial charge in [-0.2, -0.15) is 0 Å². The summed E-state index contributed by atoms with van der Waals surface area (Å²) >= 11 is 0. The highest BCUT2D eigenvalue weighted by Crippen LogP contribution is 2.23. The largest absolute Gasteiger partial charge is 0.483 e. The molecule has 2 aromatic rings. The Morgan fingerprint density at radius 2 is 1.79 bits per heavy atom. The van der Waals surface area contributed by atoms with Gasteiger partial charge in [0.1, 0.15) is 5.75 Å². The Bertz CT molecular complexity index is 791. The molecule has 0 radical (unpaired) electrons. The molecular weight excluding hydrogens is 364 g/mol. The van der Waals surface area contributed by atoms with E-state index >= 15 is 0 Å². The Labute approximate surface area is 174 Å². The number of aryl methyl sites for hydroxylation is 2. The summed E-state index contributed by atoms with van der Waals surface area (Å²) in [7, 11) is 4.04. The van der Waals surface area contributed by atoms with E-state index in [2.05, 4.69) is 29.2 Å². The molecule has 0 saturated carbocycles. The molecule has 1 atom stereocenters. The molecule has 0 N–H and O–H groups in total. The van der Waals surface area contributed by atoms with Crippen LogP contribution in [0.25, 0.3) is 0 Å². The minimum atomic E-state index is -0.0140. The van der Waals surface area contributed by atoms with Gasteiger partial charge in [0, 0.05) is 39.5 Å². The predicted molar refractivity (Wildman–Crippen MR) is 117 cm³/mol. The topological polar surface area (TPSA) is 42.0 Å². The van der Waals surface area contributed by atoms with Crippen LogP contribution < -0.4 is 9.64 Å². The van der Waals surface area contributed by atoms with Gasteiger partial charge in [-0.1, -0.05) is 30.3 Å². The summed E-state index contributed by atoms with van der Waals surface area (Å²) in [6, 6.07) is 14.3. The molecule has 1 aliphatic rings.